The molecule has 1 rings (SSSR count). The zero-order valence-electron chi connectivity index (χ0n) is 11.6. The van der Waals surface area contributed by atoms with Crippen LogP contribution in [0.5, 0.6) is 0 Å². The van der Waals surface area contributed by atoms with E-state index in [1.165, 1.54) is 19.3 Å². The molecule has 0 aromatic rings. The van der Waals surface area contributed by atoms with Crippen molar-refractivity contribution in [3.8, 4) is 0 Å². The van der Waals surface area contributed by atoms with Gasteiger partial charge in [-0.2, -0.15) is 0 Å². The van der Waals surface area contributed by atoms with Gasteiger partial charge in [0.1, 0.15) is 0 Å². The van der Waals surface area contributed by atoms with Gasteiger partial charge in [0.2, 0.25) is 0 Å². The van der Waals surface area contributed by atoms with Crippen molar-refractivity contribution in [3.63, 3.8) is 0 Å². The van der Waals surface area contributed by atoms with E-state index in [-0.39, 0.29) is 0 Å². The standard InChI is InChI=1S/C12H27NO3Si/c1-5-9-13-11-7-6-8-12(10-11)17(14-2,15-3)16-4/h11-13H,5-10H2,1-4H3. The predicted octanol–water partition coefficient (Wildman–Crippen LogP) is 2.18. The fourth-order valence-corrected chi connectivity index (χ4v) is 5.43. The zero-order valence-corrected chi connectivity index (χ0v) is 12.6. The van der Waals surface area contributed by atoms with E-state index in [1.807, 2.05) is 0 Å². The number of hydrogen-bond acceptors (Lipinski definition) is 4. The van der Waals surface area contributed by atoms with Crippen LogP contribution in [-0.4, -0.2) is 42.7 Å². The van der Waals surface area contributed by atoms with Gasteiger partial charge in [-0.15, -0.1) is 0 Å². The van der Waals surface area contributed by atoms with Crippen molar-refractivity contribution in [2.45, 2.75) is 50.6 Å². The van der Waals surface area contributed by atoms with Gasteiger partial charge in [0.15, 0.2) is 0 Å². The molecule has 0 radical (unpaired) electrons. The number of rotatable bonds is 7. The second-order valence-electron chi connectivity index (χ2n) is 4.73. The van der Waals surface area contributed by atoms with Gasteiger partial charge in [-0.05, 0) is 32.2 Å². The monoisotopic (exact) mass is 261 g/mol. The highest BCUT2D eigenvalue weighted by Crippen LogP contribution is 2.38. The van der Waals surface area contributed by atoms with E-state index in [0.717, 1.165) is 19.4 Å². The largest absolute Gasteiger partial charge is 0.503 e. The maximum atomic E-state index is 5.60. The molecule has 1 N–H and O–H groups in total. The molecule has 5 heteroatoms. The zero-order chi connectivity index (χ0) is 12.7. The molecule has 1 fully saturated rings. The Balaban J connectivity index is 2.57. The van der Waals surface area contributed by atoms with E-state index in [4.69, 9.17) is 13.3 Å². The van der Waals surface area contributed by atoms with Crippen LogP contribution >= 0.6 is 0 Å². The summed E-state index contributed by atoms with van der Waals surface area (Å²) in [5.41, 5.74) is 0.436. The number of hydrogen-bond donors (Lipinski definition) is 1. The summed E-state index contributed by atoms with van der Waals surface area (Å²) in [5.74, 6) is 0. The fraction of sp³-hybridized carbons (Fsp3) is 1.00. The van der Waals surface area contributed by atoms with E-state index < -0.39 is 8.80 Å². The van der Waals surface area contributed by atoms with Crippen LogP contribution in [0.4, 0.5) is 0 Å². The molecule has 1 aliphatic rings. The molecule has 2 atom stereocenters. The molecular formula is C12H27NO3Si. The fourth-order valence-electron chi connectivity index (χ4n) is 2.79. The average Bonchev–Trinajstić information content (AvgIpc) is 2.40. The van der Waals surface area contributed by atoms with Gasteiger partial charge in [-0.25, -0.2) is 0 Å². The summed E-state index contributed by atoms with van der Waals surface area (Å²) in [6.07, 6.45) is 5.95. The first-order valence-electron chi connectivity index (χ1n) is 6.61. The van der Waals surface area contributed by atoms with Crippen molar-refractivity contribution in [1.82, 2.24) is 5.32 Å². The summed E-state index contributed by atoms with van der Waals surface area (Å²) in [6, 6.07) is 0.598. The molecule has 2 unspecified atom stereocenters. The minimum absolute atomic E-state index is 0.436. The van der Waals surface area contributed by atoms with Gasteiger partial charge in [-0.3, -0.25) is 0 Å². The van der Waals surface area contributed by atoms with Gasteiger partial charge in [-0.1, -0.05) is 13.3 Å². The lowest BCUT2D eigenvalue weighted by Gasteiger charge is -2.37. The van der Waals surface area contributed by atoms with Crippen LogP contribution in [0.2, 0.25) is 5.54 Å². The van der Waals surface area contributed by atoms with E-state index in [0.29, 0.717) is 11.6 Å². The maximum Gasteiger partial charge on any atom is 0.503 e. The minimum Gasteiger partial charge on any atom is -0.377 e. The Labute approximate surface area is 106 Å². The molecule has 0 aromatic carbocycles. The van der Waals surface area contributed by atoms with E-state index in [1.54, 1.807) is 21.3 Å². The van der Waals surface area contributed by atoms with Crippen LogP contribution in [0.25, 0.3) is 0 Å². The van der Waals surface area contributed by atoms with Crippen molar-refractivity contribution in [2.75, 3.05) is 27.9 Å². The van der Waals surface area contributed by atoms with Crippen LogP contribution in [-0.2, 0) is 13.3 Å². The van der Waals surface area contributed by atoms with Crippen LogP contribution in [0.1, 0.15) is 39.0 Å². The van der Waals surface area contributed by atoms with E-state index >= 15 is 0 Å². The van der Waals surface area contributed by atoms with Crippen molar-refractivity contribution in [1.29, 1.82) is 0 Å². The normalized spacial score (nSPS) is 26.1. The molecule has 17 heavy (non-hydrogen) atoms. The quantitative estimate of drug-likeness (QED) is 0.713. The summed E-state index contributed by atoms with van der Waals surface area (Å²) >= 11 is 0. The Morgan fingerprint density at radius 1 is 1.12 bits per heavy atom. The van der Waals surface area contributed by atoms with Gasteiger partial charge in [0, 0.05) is 32.9 Å². The topological polar surface area (TPSA) is 39.7 Å². The average molecular weight is 261 g/mol. The van der Waals surface area contributed by atoms with Gasteiger partial charge in [0.25, 0.3) is 0 Å². The predicted molar refractivity (Wildman–Crippen MR) is 71.1 cm³/mol. The SMILES string of the molecule is CCCNC1CCCC([Si](OC)(OC)OC)C1. The van der Waals surface area contributed by atoms with Gasteiger partial charge < -0.3 is 18.6 Å². The molecule has 0 aliphatic heterocycles. The van der Waals surface area contributed by atoms with E-state index in [9.17, 15) is 0 Å². The molecule has 1 saturated carbocycles. The lowest BCUT2D eigenvalue weighted by Crippen LogP contribution is -2.51. The first kappa shape index (κ1) is 15.1. The Morgan fingerprint density at radius 2 is 1.76 bits per heavy atom. The smallest absolute Gasteiger partial charge is 0.377 e. The molecule has 4 nitrogen and oxygen atoms in total. The van der Waals surface area contributed by atoms with Crippen LogP contribution < -0.4 is 5.32 Å². The number of nitrogens with one attached hydrogen (secondary N) is 1. The Hall–Kier alpha value is 0.0569. The Morgan fingerprint density at radius 3 is 2.29 bits per heavy atom. The molecule has 0 bridgehead atoms. The van der Waals surface area contributed by atoms with Crippen LogP contribution in [0.3, 0.4) is 0 Å². The lowest BCUT2D eigenvalue weighted by atomic mass is 9.95. The third-order valence-electron chi connectivity index (χ3n) is 3.71. The summed E-state index contributed by atoms with van der Waals surface area (Å²) in [7, 11) is 2.69. The van der Waals surface area contributed by atoms with E-state index in [2.05, 4.69) is 12.2 Å². The van der Waals surface area contributed by atoms with Crippen molar-refractivity contribution < 1.29 is 13.3 Å². The molecule has 0 saturated heterocycles. The highest BCUT2D eigenvalue weighted by molar-refractivity contribution is 6.62. The summed E-state index contributed by atoms with van der Waals surface area (Å²) in [4.78, 5) is 0. The molecule has 0 heterocycles. The molecule has 102 valence electrons. The van der Waals surface area contributed by atoms with Crippen LogP contribution in [0.15, 0.2) is 0 Å². The molecule has 0 aromatic heterocycles. The third kappa shape index (κ3) is 3.76. The summed E-state index contributed by atoms with van der Waals surface area (Å²) < 4.78 is 16.8. The van der Waals surface area contributed by atoms with Crippen LogP contribution in [0, 0.1) is 0 Å². The minimum atomic E-state index is -2.44. The maximum absolute atomic E-state index is 5.60. The highest BCUT2D eigenvalue weighted by Gasteiger charge is 2.48. The summed E-state index contributed by atoms with van der Waals surface area (Å²) in [5, 5.41) is 3.60. The van der Waals surface area contributed by atoms with Gasteiger partial charge in [0.05, 0.1) is 0 Å². The van der Waals surface area contributed by atoms with Crippen molar-refractivity contribution in [2.24, 2.45) is 0 Å². The molecular weight excluding hydrogens is 234 g/mol. The van der Waals surface area contributed by atoms with Crippen molar-refractivity contribution >= 4 is 8.80 Å². The molecule has 0 spiro atoms. The second-order valence-corrected chi connectivity index (χ2v) is 7.98. The third-order valence-corrected chi connectivity index (χ3v) is 6.94. The first-order valence-corrected chi connectivity index (χ1v) is 8.41. The summed E-state index contributed by atoms with van der Waals surface area (Å²) in [6.45, 7) is 3.30. The lowest BCUT2D eigenvalue weighted by molar-refractivity contribution is 0.101. The highest BCUT2D eigenvalue weighted by atomic mass is 28.4. The Bertz CT molecular complexity index is 204. The second kappa shape index (κ2) is 7.48. The van der Waals surface area contributed by atoms with Crippen molar-refractivity contribution in [3.05, 3.63) is 0 Å². The molecule has 0 amide bonds. The molecule has 1 aliphatic carbocycles. The van der Waals surface area contributed by atoms with Gasteiger partial charge >= 0.3 is 8.80 Å². The Kier molecular flexibility index (Phi) is 6.65. The first-order chi connectivity index (χ1) is 8.22.